The quantitative estimate of drug-likeness (QED) is 0.587. The highest BCUT2D eigenvalue weighted by atomic mass is 32.1. The molecular weight excluding hydrogens is 401 g/mol. The van der Waals surface area contributed by atoms with Crippen molar-refractivity contribution >= 4 is 11.3 Å². The lowest BCUT2D eigenvalue weighted by Crippen LogP contribution is -2.27. The van der Waals surface area contributed by atoms with E-state index in [9.17, 15) is 14.3 Å². The fourth-order valence-electron chi connectivity index (χ4n) is 4.32. The first-order chi connectivity index (χ1) is 14.5. The van der Waals surface area contributed by atoms with Crippen LogP contribution < -0.4 is 5.56 Å². The molecule has 0 aliphatic heterocycles. The van der Waals surface area contributed by atoms with Crippen molar-refractivity contribution in [2.45, 2.75) is 58.9 Å². The minimum atomic E-state index is -0.722. The van der Waals surface area contributed by atoms with E-state index in [2.05, 4.69) is 9.97 Å². The van der Waals surface area contributed by atoms with E-state index >= 15 is 0 Å². The zero-order valence-corrected chi connectivity index (χ0v) is 18.1. The normalized spacial score (nSPS) is 14.9. The van der Waals surface area contributed by atoms with Crippen LogP contribution in [-0.4, -0.2) is 19.6 Å². The van der Waals surface area contributed by atoms with Gasteiger partial charge in [-0.25, -0.2) is 14.4 Å². The van der Waals surface area contributed by atoms with Gasteiger partial charge in [-0.05, 0) is 38.3 Å². The van der Waals surface area contributed by atoms with E-state index in [1.165, 1.54) is 55.6 Å². The average Bonchev–Trinajstić information content (AvgIpc) is 3.15. The van der Waals surface area contributed by atoms with E-state index in [0.29, 0.717) is 29.5 Å². The maximum absolute atomic E-state index is 14.0. The third-order valence-corrected chi connectivity index (χ3v) is 6.86. The number of nitrogens with zero attached hydrogens (tertiary/aromatic N) is 3. The number of aromatic hydroxyl groups is 1. The van der Waals surface area contributed by atoms with Gasteiger partial charge in [0.05, 0.1) is 26.7 Å². The smallest absolute Gasteiger partial charge is 0.262 e. The van der Waals surface area contributed by atoms with Crippen molar-refractivity contribution in [3.05, 3.63) is 51.3 Å². The second-order valence-electron chi connectivity index (χ2n) is 8.02. The van der Waals surface area contributed by atoms with Crippen LogP contribution in [0.1, 0.15) is 49.2 Å². The van der Waals surface area contributed by atoms with E-state index in [1.807, 2.05) is 6.92 Å². The van der Waals surface area contributed by atoms with Crippen molar-refractivity contribution < 1.29 is 9.50 Å². The summed E-state index contributed by atoms with van der Waals surface area (Å²) < 4.78 is 15.7. The molecule has 0 bridgehead atoms. The summed E-state index contributed by atoms with van der Waals surface area (Å²) in [5.41, 5.74) is 1.16. The lowest BCUT2D eigenvalue weighted by atomic mass is 9.87. The van der Waals surface area contributed by atoms with Crippen LogP contribution in [-0.2, 0) is 6.54 Å². The number of halogens is 1. The Morgan fingerprint density at radius 3 is 2.70 bits per heavy atom. The molecule has 1 fully saturated rings. The van der Waals surface area contributed by atoms with Crippen molar-refractivity contribution in [3.63, 3.8) is 0 Å². The molecule has 0 amide bonds. The Labute approximate surface area is 179 Å². The minimum absolute atomic E-state index is 0.166. The highest BCUT2D eigenvalue weighted by molar-refractivity contribution is 7.15. The molecule has 1 aliphatic carbocycles. The number of hydrogen-bond donors (Lipinski definition) is 1. The summed E-state index contributed by atoms with van der Waals surface area (Å²) in [7, 11) is 0. The van der Waals surface area contributed by atoms with Gasteiger partial charge >= 0.3 is 0 Å². The van der Waals surface area contributed by atoms with Gasteiger partial charge in [0.2, 0.25) is 0 Å². The molecule has 0 radical (unpaired) electrons. The molecule has 2 aromatic heterocycles. The summed E-state index contributed by atoms with van der Waals surface area (Å²) in [6.07, 6.45) is 8.67. The second kappa shape index (κ2) is 8.68. The summed E-state index contributed by atoms with van der Waals surface area (Å²) >= 11 is 1.46. The molecule has 30 heavy (non-hydrogen) atoms. The number of aryl methyl sites for hydroxylation is 2. The van der Waals surface area contributed by atoms with Gasteiger partial charge in [0, 0.05) is 12.7 Å². The lowest BCUT2D eigenvalue weighted by molar-refractivity contribution is 0.322. The number of hydrogen-bond acceptors (Lipinski definition) is 5. The van der Waals surface area contributed by atoms with Gasteiger partial charge in [-0.15, -0.1) is 11.3 Å². The van der Waals surface area contributed by atoms with Crippen LogP contribution in [0.2, 0.25) is 0 Å². The molecule has 2 heterocycles. The van der Waals surface area contributed by atoms with Crippen molar-refractivity contribution in [2.75, 3.05) is 0 Å². The number of benzene rings is 1. The van der Waals surface area contributed by atoms with Gasteiger partial charge in [-0.2, -0.15) is 0 Å². The van der Waals surface area contributed by atoms with Gasteiger partial charge in [0.15, 0.2) is 11.6 Å². The Morgan fingerprint density at radius 2 is 2.00 bits per heavy atom. The predicted molar refractivity (Wildman–Crippen MR) is 117 cm³/mol. The van der Waals surface area contributed by atoms with Crippen LogP contribution >= 0.6 is 11.3 Å². The largest absolute Gasteiger partial charge is 0.504 e. The van der Waals surface area contributed by atoms with Crippen LogP contribution in [0.5, 0.6) is 5.75 Å². The number of thiazole rings is 1. The van der Waals surface area contributed by atoms with Crippen molar-refractivity contribution in [1.82, 2.24) is 14.5 Å². The van der Waals surface area contributed by atoms with E-state index in [1.54, 1.807) is 23.8 Å². The Hall–Kier alpha value is -2.54. The molecule has 1 aliphatic rings. The number of phenolic OH excluding ortho intramolecular Hbond substituents is 1. The molecule has 0 saturated heterocycles. The third-order valence-electron chi connectivity index (χ3n) is 5.93. The van der Waals surface area contributed by atoms with Crippen molar-refractivity contribution in [3.8, 4) is 27.6 Å². The van der Waals surface area contributed by atoms with Crippen LogP contribution in [0.4, 0.5) is 4.39 Å². The summed E-state index contributed by atoms with van der Waals surface area (Å²) in [4.78, 5) is 23.3. The fraction of sp³-hybridized carbons (Fsp3) is 0.435. The predicted octanol–water partition coefficient (Wildman–Crippen LogP) is 5.47. The van der Waals surface area contributed by atoms with Crippen LogP contribution in [0, 0.1) is 25.6 Å². The molecule has 1 aromatic carbocycles. The SMILES string of the molecule is Cc1ncc(-c2c(C)nc(-c3cccc(F)c3O)n(CCC3CCCCC3)c2=O)s1. The number of para-hydroxylation sites is 1. The van der Waals surface area contributed by atoms with Gasteiger partial charge in [0.25, 0.3) is 5.56 Å². The van der Waals surface area contributed by atoms with Crippen LogP contribution in [0.15, 0.2) is 29.2 Å². The maximum Gasteiger partial charge on any atom is 0.262 e. The second-order valence-corrected chi connectivity index (χ2v) is 9.26. The summed E-state index contributed by atoms with van der Waals surface area (Å²) in [6, 6.07) is 4.33. The maximum atomic E-state index is 14.0. The zero-order valence-electron chi connectivity index (χ0n) is 17.3. The van der Waals surface area contributed by atoms with Gasteiger partial charge in [-0.3, -0.25) is 9.36 Å². The molecule has 5 nitrogen and oxygen atoms in total. The zero-order chi connectivity index (χ0) is 21.3. The highest BCUT2D eigenvalue weighted by Crippen LogP contribution is 2.33. The Kier molecular flexibility index (Phi) is 5.99. The first-order valence-corrected chi connectivity index (χ1v) is 11.3. The van der Waals surface area contributed by atoms with E-state index in [4.69, 9.17) is 0 Å². The molecule has 0 unspecified atom stereocenters. The van der Waals surface area contributed by atoms with Gasteiger partial charge in [-0.1, -0.05) is 38.2 Å². The van der Waals surface area contributed by atoms with Crippen molar-refractivity contribution in [2.24, 2.45) is 5.92 Å². The summed E-state index contributed by atoms with van der Waals surface area (Å²) in [5.74, 6) is -0.303. The van der Waals surface area contributed by atoms with Crippen molar-refractivity contribution in [1.29, 1.82) is 0 Å². The van der Waals surface area contributed by atoms with Crippen LogP contribution in [0.3, 0.4) is 0 Å². The first kappa shape index (κ1) is 20.7. The topological polar surface area (TPSA) is 68.0 Å². The summed E-state index contributed by atoms with van der Waals surface area (Å²) in [5, 5.41) is 11.2. The molecule has 4 rings (SSSR count). The van der Waals surface area contributed by atoms with Crippen LogP contribution in [0.25, 0.3) is 21.8 Å². The molecule has 1 N–H and O–H groups in total. The molecule has 1 saturated carbocycles. The molecule has 0 spiro atoms. The molecule has 7 heteroatoms. The standard InChI is InChI=1S/C23H26FN3O2S/c1-14-20(19-13-25-15(2)30-19)23(29)27(12-11-16-7-4-3-5-8-16)22(26-14)17-9-6-10-18(24)21(17)28/h6,9-10,13,16,28H,3-5,7-8,11-12H2,1-2H3. The first-order valence-electron chi connectivity index (χ1n) is 10.5. The minimum Gasteiger partial charge on any atom is -0.504 e. The van der Waals surface area contributed by atoms with Gasteiger partial charge < -0.3 is 5.11 Å². The number of rotatable bonds is 5. The van der Waals surface area contributed by atoms with E-state index in [0.717, 1.165) is 16.3 Å². The average molecular weight is 428 g/mol. The third kappa shape index (κ3) is 4.03. The molecule has 158 valence electrons. The number of phenols is 1. The highest BCUT2D eigenvalue weighted by Gasteiger charge is 2.22. The monoisotopic (exact) mass is 427 g/mol. The fourth-order valence-corrected chi connectivity index (χ4v) is 5.18. The summed E-state index contributed by atoms with van der Waals surface area (Å²) in [6.45, 7) is 4.17. The Bertz CT molecular complexity index is 1120. The molecule has 3 aromatic rings. The Morgan fingerprint density at radius 1 is 1.23 bits per heavy atom. The Balaban J connectivity index is 1.84. The van der Waals surface area contributed by atoms with Gasteiger partial charge in [0.1, 0.15) is 5.82 Å². The molecule has 0 atom stereocenters. The van der Waals surface area contributed by atoms with E-state index in [-0.39, 0.29) is 11.1 Å². The van der Waals surface area contributed by atoms with E-state index < -0.39 is 11.6 Å². The number of aromatic nitrogens is 3. The lowest BCUT2D eigenvalue weighted by Gasteiger charge is -2.23. The molecular formula is C23H26FN3O2S.